The summed E-state index contributed by atoms with van der Waals surface area (Å²) in [4.78, 5) is 14.8. The Balaban J connectivity index is 2.21. The molecule has 0 amide bonds. The predicted octanol–water partition coefficient (Wildman–Crippen LogP) is 2.04. The quantitative estimate of drug-likeness (QED) is 0.702. The first-order valence-corrected chi connectivity index (χ1v) is 6.78. The molecule has 0 aliphatic carbocycles. The number of rotatable bonds is 6. The lowest BCUT2D eigenvalue weighted by molar-refractivity contribution is 0.842. The molecule has 0 fully saturated rings. The highest BCUT2D eigenvalue weighted by molar-refractivity contribution is 5.85. The summed E-state index contributed by atoms with van der Waals surface area (Å²) in [5.74, 6) is 2.10. The molecule has 4 N–H and O–H groups in total. The minimum absolute atomic E-state index is 0.500. The molecule has 110 valence electrons. The molecular weight excluding hydrogens is 266 g/mol. The molecule has 21 heavy (non-hydrogen) atoms. The van der Waals surface area contributed by atoms with Crippen LogP contribution in [0.25, 0.3) is 0 Å². The SMILES string of the molecule is CCN(CC)c1cc(Nc2cc(N)c(C=N)cn2)ncn1. The maximum Gasteiger partial charge on any atom is 0.137 e. The molecule has 2 aromatic rings. The zero-order chi connectivity index (χ0) is 15.2. The Morgan fingerprint density at radius 2 is 1.90 bits per heavy atom. The molecule has 0 saturated heterocycles. The van der Waals surface area contributed by atoms with E-state index in [4.69, 9.17) is 11.1 Å². The van der Waals surface area contributed by atoms with Crippen LogP contribution in [0.4, 0.5) is 23.1 Å². The lowest BCUT2D eigenvalue weighted by Gasteiger charge is -2.19. The van der Waals surface area contributed by atoms with Gasteiger partial charge in [-0.05, 0) is 13.8 Å². The largest absolute Gasteiger partial charge is 0.398 e. The van der Waals surface area contributed by atoms with Crippen molar-refractivity contribution in [3.63, 3.8) is 0 Å². The Bertz CT molecular complexity index is 622. The van der Waals surface area contributed by atoms with E-state index in [-0.39, 0.29) is 0 Å². The van der Waals surface area contributed by atoms with Gasteiger partial charge in [0, 0.05) is 48.9 Å². The van der Waals surface area contributed by atoms with E-state index in [1.165, 1.54) is 12.5 Å². The molecule has 0 radical (unpaired) electrons. The number of hydrogen-bond donors (Lipinski definition) is 3. The Labute approximate surface area is 123 Å². The summed E-state index contributed by atoms with van der Waals surface area (Å²) >= 11 is 0. The van der Waals surface area contributed by atoms with E-state index in [0.717, 1.165) is 18.9 Å². The van der Waals surface area contributed by atoms with Crippen LogP contribution in [0.1, 0.15) is 19.4 Å². The van der Waals surface area contributed by atoms with Crippen LogP contribution in [0.3, 0.4) is 0 Å². The zero-order valence-electron chi connectivity index (χ0n) is 12.2. The van der Waals surface area contributed by atoms with Crippen molar-refractivity contribution >= 4 is 29.4 Å². The molecule has 7 nitrogen and oxygen atoms in total. The van der Waals surface area contributed by atoms with Crippen molar-refractivity contribution in [3.05, 3.63) is 30.2 Å². The highest BCUT2D eigenvalue weighted by Gasteiger charge is 2.06. The molecule has 0 aliphatic rings. The third-order valence-electron chi connectivity index (χ3n) is 3.12. The molecule has 2 rings (SSSR count). The van der Waals surface area contributed by atoms with Crippen molar-refractivity contribution in [2.45, 2.75) is 13.8 Å². The molecule has 0 bridgehead atoms. The number of anilines is 4. The second-order valence-electron chi connectivity index (χ2n) is 4.40. The molecule has 0 spiro atoms. The van der Waals surface area contributed by atoms with Crippen LogP contribution < -0.4 is 16.0 Å². The van der Waals surface area contributed by atoms with E-state index in [1.807, 2.05) is 6.07 Å². The number of nitrogens with zero attached hydrogens (tertiary/aromatic N) is 4. The van der Waals surface area contributed by atoms with Crippen molar-refractivity contribution in [2.75, 3.05) is 29.0 Å². The van der Waals surface area contributed by atoms with Crippen LogP contribution in [0.5, 0.6) is 0 Å². The van der Waals surface area contributed by atoms with Crippen molar-refractivity contribution in [1.82, 2.24) is 15.0 Å². The molecule has 7 heteroatoms. The molecule has 0 atom stereocenters. The zero-order valence-corrected chi connectivity index (χ0v) is 12.2. The minimum Gasteiger partial charge on any atom is -0.398 e. The average Bonchev–Trinajstić information content (AvgIpc) is 2.49. The number of nitrogens with one attached hydrogen (secondary N) is 2. The average molecular weight is 285 g/mol. The molecule has 2 heterocycles. The summed E-state index contributed by atoms with van der Waals surface area (Å²) in [5, 5.41) is 10.3. The first-order chi connectivity index (χ1) is 10.2. The van der Waals surface area contributed by atoms with Crippen molar-refractivity contribution in [3.8, 4) is 0 Å². The molecule has 0 aromatic carbocycles. The lowest BCUT2D eigenvalue weighted by atomic mass is 10.2. The summed E-state index contributed by atoms with van der Waals surface area (Å²) in [5.41, 5.74) is 6.92. The van der Waals surface area contributed by atoms with E-state index in [2.05, 4.69) is 39.0 Å². The van der Waals surface area contributed by atoms with Crippen LogP contribution in [-0.4, -0.2) is 34.3 Å². The smallest absolute Gasteiger partial charge is 0.137 e. The van der Waals surface area contributed by atoms with Crippen molar-refractivity contribution in [1.29, 1.82) is 5.41 Å². The standard InChI is InChI=1S/C14H19N7/c1-3-21(4-2)14-6-13(18-9-19-14)20-12-5-11(16)10(7-15)8-17-12/h5-9,15H,3-4H2,1-2H3,(H3,16,17,18,19,20). The number of nitrogen functional groups attached to an aromatic ring is 1. The number of hydrogen-bond acceptors (Lipinski definition) is 7. The van der Waals surface area contributed by atoms with Gasteiger partial charge in [0.2, 0.25) is 0 Å². The summed E-state index contributed by atoms with van der Waals surface area (Å²) in [6.45, 7) is 5.92. The van der Waals surface area contributed by atoms with Gasteiger partial charge in [-0.15, -0.1) is 0 Å². The van der Waals surface area contributed by atoms with Gasteiger partial charge in [-0.1, -0.05) is 0 Å². The maximum absolute atomic E-state index is 7.20. The van der Waals surface area contributed by atoms with Gasteiger partial charge >= 0.3 is 0 Å². The fourth-order valence-electron chi connectivity index (χ4n) is 1.94. The number of aromatic nitrogens is 3. The Hall–Kier alpha value is -2.70. The fraction of sp³-hybridized carbons (Fsp3) is 0.286. The molecule has 0 saturated carbocycles. The van der Waals surface area contributed by atoms with Gasteiger partial charge in [0.1, 0.15) is 23.8 Å². The Morgan fingerprint density at radius 1 is 1.19 bits per heavy atom. The van der Waals surface area contributed by atoms with Crippen LogP contribution >= 0.6 is 0 Å². The molecule has 0 aliphatic heterocycles. The first-order valence-electron chi connectivity index (χ1n) is 6.78. The summed E-state index contributed by atoms with van der Waals surface area (Å²) in [6, 6.07) is 3.55. The topological polar surface area (TPSA) is 104 Å². The minimum atomic E-state index is 0.500. The summed E-state index contributed by atoms with van der Waals surface area (Å²) < 4.78 is 0. The van der Waals surface area contributed by atoms with Crippen LogP contribution in [0.15, 0.2) is 24.7 Å². The maximum atomic E-state index is 7.20. The van der Waals surface area contributed by atoms with Crippen LogP contribution in [0, 0.1) is 5.41 Å². The first kappa shape index (κ1) is 14.7. The van der Waals surface area contributed by atoms with Crippen LogP contribution in [0.2, 0.25) is 0 Å². The highest BCUT2D eigenvalue weighted by Crippen LogP contribution is 2.19. The second kappa shape index (κ2) is 6.65. The normalized spacial score (nSPS) is 10.2. The van der Waals surface area contributed by atoms with E-state index in [9.17, 15) is 0 Å². The van der Waals surface area contributed by atoms with Gasteiger partial charge < -0.3 is 21.4 Å². The monoisotopic (exact) mass is 285 g/mol. The number of nitrogens with two attached hydrogens (primary N) is 1. The fourth-order valence-corrected chi connectivity index (χ4v) is 1.94. The van der Waals surface area contributed by atoms with Gasteiger partial charge in [-0.2, -0.15) is 0 Å². The van der Waals surface area contributed by atoms with E-state index in [0.29, 0.717) is 22.9 Å². The summed E-state index contributed by atoms with van der Waals surface area (Å²) in [6.07, 6.45) is 4.25. The van der Waals surface area contributed by atoms with Gasteiger partial charge in [0.05, 0.1) is 0 Å². The predicted molar refractivity (Wildman–Crippen MR) is 85.4 cm³/mol. The Morgan fingerprint density at radius 3 is 2.52 bits per heavy atom. The molecular formula is C14H19N7. The van der Waals surface area contributed by atoms with Gasteiger partial charge in [-0.25, -0.2) is 15.0 Å². The third kappa shape index (κ3) is 3.44. The Kier molecular flexibility index (Phi) is 4.65. The van der Waals surface area contributed by atoms with E-state index >= 15 is 0 Å². The second-order valence-corrected chi connectivity index (χ2v) is 4.40. The van der Waals surface area contributed by atoms with Crippen LogP contribution in [-0.2, 0) is 0 Å². The van der Waals surface area contributed by atoms with Gasteiger partial charge in [0.25, 0.3) is 0 Å². The van der Waals surface area contributed by atoms with Gasteiger partial charge in [-0.3, -0.25) is 0 Å². The van der Waals surface area contributed by atoms with E-state index in [1.54, 1.807) is 12.3 Å². The lowest BCUT2D eigenvalue weighted by Crippen LogP contribution is -2.23. The highest BCUT2D eigenvalue weighted by atomic mass is 15.2. The van der Waals surface area contributed by atoms with Gasteiger partial charge in [0.15, 0.2) is 0 Å². The third-order valence-corrected chi connectivity index (χ3v) is 3.12. The van der Waals surface area contributed by atoms with Crippen molar-refractivity contribution < 1.29 is 0 Å². The van der Waals surface area contributed by atoms with Crippen molar-refractivity contribution in [2.24, 2.45) is 0 Å². The summed E-state index contributed by atoms with van der Waals surface area (Å²) in [7, 11) is 0. The molecule has 2 aromatic heterocycles. The van der Waals surface area contributed by atoms with E-state index < -0.39 is 0 Å². The number of pyridine rings is 1. The molecule has 0 unspecified atom stereocenters.